The van der Waals surface area contributed by atoms with Crippen LogP contribution in [-0.2, 0) is 23.6 Å². The number of phenols is 3. The first-order valence-corrected chi connectivity index (χ1v) is 12.8. The number of carbonyl (C=O) groups is 4. The Bertz CT molecular complexity index is 1970. The number of allylic oxidation sites excluding steroid dienone is 5. The number of ether oxygens (including phenoxy) is 1. The molecule has 10 heteroatoms. The number of nitrogens with zero attached hydrogens (tertiary/aromatic N) is 1. The van der Waals surface area contributed by atoms with E-state index in [-0.39, 0.29) is 23.8 Å². The van der Waals surface area contributed by atoms with Crippen molar-refractivity contribution in [1.82, 2.24) is 4.57 Å². The maximum absolute atomic E-state index is 14.1. The smallest absolute Gasteiger partial charge is 0.262 e. The van der Waals surface area contributed by atoms with Crippen molar-refractivity contribution in [2.45, 2.75) is 25.2 Å². The summed E-state index contributed by atoms with van der Waals surface area (Å²) >= 11 is 0. The highest BCUT2D eigenvalue weighted by Gasteiger charge is 2.61. The number of hydrogen-bond donors (Lipinski definition) is 3. The number of rotatable bonds is 3. The number of Topliss-reactive ketones (excluding diaryl/α,β-unsaturated/α-hetero) is 3. The van der Waals surface area contributed by atoms with E-state index in [9.17, 15) is 39.3 Å². The van der Waals surface area contributed by atoms with Gasteiger partial charge in [-0.05, 0) is 42.9 Å². The number of benzene rings is 2. The number of aromatic nitrogens is 1. The Balaban J connectivity index is 1.61. The van der Waals surface area contributed by atoms with E-state index in [1.807, 2.05) is 13.0 Å². The fraction of sp³-hybridized carbons (Fsp3) is 0.194. The number of hydrogen-bond acceptors (Lipinski definition) is 9. The second-order valence-corrected chi connectivity index (χ2v) is 10.2. The minimum absolute atomic E-state index is 0.0874. The molecule has 3 aromatic rings. The van der Waals surface area contributed by atoms with Gasteiger partial charge in [-0.25, -0.2) is 0 Å². The number of pyridine rings is 1. The van der Waals surface area contributed by atoms with Crippen LogP contribution in [0.2, 0.25) is 0 Å². The molecule has 0 aliphatic heterocycles. The zero-order valence-corrected chi connectivity index (χ0v) is 22.2. The van der Waals surface area contributed by atoms with Gasteiger partial charge in [-0.1, -0.05) is 24.3 Å². The summed E-state index contributed by atoms with van der Waals surface area (Å²) in [7, 11) is 2.67. The first-order chi connectivity index (χ1) is 19.5. The molecule has 1 aromatic heterocycles. The standard InChI is InChI=1S/C31H23NO9/c1-4-5-6-7-15-11-14-10-13-8-9-31(23(13)27(37)18(14)30(40)32(15)2)28(38)21-22(29(31)39)26(36)20-19(25(21)35)16(33)12-17(41-3)24(20)34/h4-7,10-12,35-37H,8-9H2,1-3H3/b5-4+,7-6+. The van der Waals surface area contributed by atoms with Crippen molar-refractivity contribution in [2.24, 2.45) is 7.05 Å². The monoisotopic (exact) mass is 553 g/mol. The SMILES string of the molecule is C/C=C/C=C/c1cc2cc3c(c(O)c2c(=O)n1C)C1(CC3)C(=O)c2c(O)c3c(c(O)c2C1=O)C(=O)C(OC)=CC3=O. The van der Waals surface area contributed by atoms with Crippen LogP contribution in [0.4, 0.5) is 0 Å². The quantitative estimate of drug-likeness (QED) is 0.251. The minimum atomic E-state index is -2.08. The molecular weight excluding hydrogens is 530 g/mol. The van der Waals surface area contributed by atoms with Crippen LogP contribution in [0.15, 0.2) is 47.0 Å². The zero-order valence-electron chi connectivity index (χ0n) is 22.2. The van der Waals surface area contributed by atoms with Crippen molar-refractivity contribution in [3.8, 4) is 17.2 Å². The van der Waals surface area contributed by atoms with Crippen LogP contribution in [0.25, 0.3) is 16.8 Å². The Kier molecular flexibility index (Phi) is 5.47. The van der Waals surface area contributed by atoms with Crippen molar-refractivity contribution in [3.63, 3.8) is 0 Å². The summed E-state index contributed by atoms with van der Waals surface area (Å²) in [6, 6.07) is 3.35. The highest BCUT2D eigenvalue weighted by Crippen LogP contribution is 2.57. The normalized spacial score (nSPS) is 19.5. The van der Waals surface area contributed by atoms with Gasteiger partial charge in [0.1, 0.15) is 22.7 Å². The number of fused-ring (bicyclic) bond motifs is 5. The molecule has 0 amide bonds. The lowest BCUT2D eigenvalue weighted by Crippen LogP contribution is -2.36. The van der Waals surface area contributed by atoms with E-state index in [0.29, 0.717) is 16.6 Å². The van der Waals surface area contributed by atoms with Crippen molar-refractivity contribution < 1.29 is 39.2 Å². The van der Waals surface area contributed by atoms with Crippen LogP contribution in [0.5, 0.6) is 17.2 Å². The molecule has 0 saturated carbocycles. The minimum Gasteiger partial charge on any atom is -0.507 e. The lowest BCUT2D eigenvalue weighted by molar-refractivity contribution is 0.0790. The highest BCUT2D eigenvalue weighted by atomic mass is 16.5. The molecule has 41 heavy (non-hydrogen) atoms. The van der Waals surface area contributed by atoms with Gasteiger partial charge in [0, 0.05) is 24.4 Å². The van der Waals surface area contributed by atoms with Gasteiger partial charge in [0.25, 0.3) is 5.56 Å². The van der Waals surface area contributed by atoms with Gasteiger partial charge in [-0.3, -0.25) is 24.0 Å². The average Bonchev–Trinajstić information content (AvgIpc) is 3.43. The van der Waals surface area contributed by atoms with E-state index in [4.69, 9.17) is 4.74 Å². The molecule has 2 aromatic carbocycles. The zero-order chi connectivity index (χ0) is 29.5. The Labute approximate surface area is 232 Å². The predicted octanol–water partition coefficient (Wildman–Crippen LogP) is 3.42. The third kappa shape index (κ3) is 3.09. The fourth-order valence-corrected chi connectivity index (χ4v) is 6.31. The van der Waals surface area contributed by atoms with Crippen LogP contribution in [-0.4, -0.2) is 50.1 Å². The van der Waals surface area contributed by atoms with E-state index in [1.54, 1.807) is 30.4 Å². The topological polar surface area (TPSA) is 160 Å². The maximum Gasteiger partial charge on any atom is 0.262 e. The van der Waals surface area contributed by atoms with E-state index in [0.717, 1.165) is 13.2 Å². The molecule has 10 nitrogen and oxygen atoms in total. The number of aryl methyl sites for hydroxylation is 1. The molecule has 3 N–H and O–H groups in total. The second-order valence-electron chi connectivity index (χ2n) is 10.2. The molecule has 0 radical (unpaired) electrons. The van der Waals surface area contributed by atoms with E-state index in [1.165, 1.54) is 11.6 Å². The summed E-state index contributed by atoms with van der Waals surface area (Å²) in [5, 5.41) is 34.1. The fourth-order valence-electron chi connectivity index (χ4n) is 6.31. The Morgan fingerprint density at radius 2 is 1.56 bits per heavy atom. The Morgan fingerprint density at radius 1 is 0.902 bits per heavy atom. The molecule has 0 bridgehead atoms. The van der Waals surface area contributed by atoms with E-state index < -0.39 is 79.4 Å². The molecule has 1 heterocycles. The molecule has 206 valence electrons. The Hall–Kier alpha value is -5.25. The molecular formula is C31H23NO9. The first-order valence-electron chi connectivity index (χ1n) is 12.8. The van der Waals surface area contributed by atoms with Gasteiger partial charge in [0.15, 0.2) is 23.1 Å². The summed E-state index contributed by atoms with van der Waals surface area (Å²) < 4.78 is 6.25. The summed E-state index contributed by atoms with van der Waals surface area (Å²) in [6.07, 6.45) is 7.98. The molecule has 6 rings (SSSR count). The van der Waals surface area contributed by atoms with E-state index >= 15 is 0 Å². The number of carbonyl (C=O) groups excluding carboxylic acids is 4. The van der Waals surface area contributed by atoms with Gasteiger partial charge in [0.2, 0.25) is 5.78 Å². The van der Waals surface area contributed by atoms with Crippen LogP contribution in [0, 0.1) is 0 Å². The van der Waals surface area contributed by atoms with Gasteiger partial charge >= 0.3 is 0 Å². The van der Waals surface area contributed by atoms with Crippen LogP contribution < -0.4 is 5.56 Å². The molecule has 1 atom stereocenters. The summed E-state index contributed by atoms with van der Waals surface area (Å²) in [5.41, 5.74) is -4.19. The van der Waals surface area contributed by atoms with Crippen molar-refractivity contribution in [3.05, 3.63) is 91.6 Å². The lowest BCUT2D eigenvalue weighted by Gasteiger charge is -2.23. The molecule has 0 saturated heterocycles. The number of phenolic OH excluding ortho intramolecular Hbond substituents is 3. The van der Waals surface area contributed by atoms with E-state index in [2.05, 4.69) is 0 Å². The summed E-state index contributed by atoms with van der Waals surface area (Å²) in [4.78, 5) is 67.3. The number of ketones is 4. The summed E-state index contributed by atoms with van der Waals surface area (Å²) in [6.45, 7) is 1.85. The maximum atomic E-state index is 14.1. The van der Waals surface area contributed by atoms with Gasteiger partial charge in [-0.2, -0.15) is 0 Å². The molecule has 1 unspecified atom stereocenters. The lowest BCUT2D eigenvalue weighted by atomic mass is 9.76. The third-order valence-corrected chi connectivity index (χ3v) is 8.24. The summed E-state index contributed by atoms with van der Waals surface area (Å²) in [5.74, 6) is -6.51. The molecule has 0 fully saturated rings. The van der Waals surface area contributed by atoms with Crippen LogP contribution in [0.3, 0.4) is 0 Å². The first kappa shape index (κ1) is 26.0. The second kappa shape index (κ2) is 8.62. The van der Waals surface area contributed by atoms with Crippen LogP contribution in [0.1, 0.15) is 71.6 Å². The predicted molar refractivity (Wildman–Crippen MR) is 147 cm³/mol. The average molecular weight is 554 g/mol. The molecule has 3 aliphatic carbocycles. The van der Waals surface area contributed by atoms with Crippen molar-refractivity contribution in [2.75, 3.05) is 7.11 Å². The van der Waals surface area contributed by atoms with Gasteiger partial charge in [0.05, 0.1) is 34.7 Å². The number of methoxy groups -OCH3 is 1. The highest BCUT2D eigenvalue weighted by molar-refractivity contribution is 6.38. The largest absolute Gasteiger partial charge is 0.507 e. The Morgan fingerprint density at radius 3 is 2.20 bits per heavy atom. The van der Waals surface area contributed by atoms with Crippen molar-refractivity contribution in [1.29, 1.82) is 0 Å². The van der Waals surface area contributed by atoms with Crippen molar-refractivity contribution >= 4 is 40.0 Å². The third-order valence-electron chi connectivity index (χ3n) is 8.24. The van der Waals surface area contributed by atoms with Gasteiger partial charge in [-0.15, -0.1) is 0 Å². The van der Waals surface area contributed by atoms with Gasteiger partial charge < -0.3 is 24.6 Å². The molecule has 1 spiro atoms. The molecule has 3 aliphatic rings. The van der Waals surface area contributed by atoms with Crippen LogP contribution >= 0.6 is 0 Å². The number of aromatic hydroxyl groups is 3.